The summed E-state index contributed by atoms with van der Waals surface area (Å²) in [5, 5.41) is 12.1. The third-order valence-corrected chi connectivity index (χ3v) is 4.85. The molecule has 130 valence electrons. The van der Waals surface area contributed by atoms with Gasteiger partial charge < -0.3 is 14.6 Å². The lowest BCUT2D eigenvalue weighted by Crippen LogP contribution is -2.29. The van der Waals surface area contributed by atoms with Crippen molar-refractivity contribution in [1.29, 1.82) is 0 Å². The number of ether oxygens (including phenoxy) is 2. The van der Waals surface area contributed by atoms with Gasteiger partial charge in [-0.1, -0.05) is 48.2 Å². The quantitative estimate of drug-likeness (QED) is 0.634. The van der Waals surface area contributed by atoms with Gasteiger partial charge in [0.15, 0.2) is 0 Å². The molecule has 0 amide bonds. The van der Waals surface area contributed by atoms with Crippen molar-refractivity contribution in [2.24, 2.45) is 5.92 Å². The minimum Gasteiger partial charge on any atom is -0.462 e. The molecule has 1 heterocycles. The van der Waals surface area contributed by atoms with Crippen LogP contribution in [0.15, 0.2) is 77.0 Å². The Kier molecular flexibility index (Phi) is 6.28. The molecule has 0 spiro atoms. The van der Waals surface area contributed by atoms with Gasteiger partial charge in [0, 0.05) is 4.90 Å². The summed E-state index contributed by atoms with van der Waals surface area (Å²) in [5.41, 5.74) is 0.502. The Bertz CT molecular complexity index is 702. The summed E-state index contributed by atoms with van der Waals surface area (Å²) in [5.74, 6) is -0.652. The fourth-order valence-corrected chi connectivity index (χ4v) is 3.31. The molecule has 1 saturated heterocycles. The van der Waals surface area contributed by atoms with Gasteiger partial charge >= 0.3 is 5.97 Å². The molecule has 3 atom stereocenters. The second-order valence-corrected chi connectivity index (χ2v) is 6.73. The van der Waals surface area contributed by atoms with Gasteiger partial charge in [-0.3, -0.25) is 0 Å². The number of benzene rings is 2. The van der Waals surface area contributed by atoms with Gasteiger partial charge in [0.2, 0.25) is 0 Å². The summed E-state index contributed by atoms with van der Waals surface area (Å²) in [6.45, 7) is 0.373. The van der Waals surface area contributed by atoms with E-state index in [9.17, 15) is 9.90 Å². The van der Waals surface area contributed by atoms with Crippen LogP contribution in [0, 0.1) is 5.92 Å². The van der Waals surface area contributed by atoms with Gasteiger partial charge in [0.25, 0.3) is 0 Å². The molecule has 1 fully saturated rings. The molecule has 25 heavy (non-hydrogen) atoms. The van der Waals surface area contributed by atoms with Crippen LogP contribution in [0.2, 0.25) is 0 Å². The predicted octanol–water partition coefficient (Wildman–Crippen LogP) is 3.53. The first-order valence-electron chi connectivity index (χ1n) is 8.14. The topological polar surface area (TPSA) is 55.8 Å². The average molecular weight is 356 g/mol. The van der Waals surface area contributed by atoms with Crippen molar-refractivity contribution >= 4 is 17.7 Å². The summed E-state index contributed by atoms with van der Waals surface area (Å²) >= 11 is 1.58. The summed E-state index contributed by atoms with van der Waals surface area (Å²) in [7, 11) is 0. The maximum atomic E-state index is 12.0. The maximum absolute atomic E-state index is 12.0. The molecule has 1 N–H and O–H groups in total. The Labute approximate surface area is 151 Å². The number of esters is 1. The van der Waals surface area contributed by atoms with E-state index in [1.165, 1.54) is 0 Å². The molecule has 1 aliphatic rings. The largest absolute Gasteiger partial charge is 0.462 e. The molecule has 1 aliphatic heterocycles. The van der Waals surface area contributed by atoms with Crippen molar-refractivity contribution in [3.8, 4) is 0 Å². The number of thioether (sulfide) groups is 1. The Hall–Kier alpha value is -2.08. The van der Waals surface area contributed by atoms with Crippen molar-refractivity contribution in [3.63, 3.8) is 0 Å². The van der Waals surface area contributed by atoms with E-state index in [1.54, 1.807) is 36.0 Å². The first-order chi connectivity index (χ1) is 12.2. The number of hydrogen-bond donors (Lipinski definition) is 1. The SMILES string of the molecule is O=C(OCC1C(O)COC1C=CSc1ccccc1)c1ccccc1. The summed E-state index contributed by atoms with van der Waals surface area (Å²) in [4.78, 5) is 13.2. The zero-order valence-corrected chi connectivity index (χ0v) is 14.5. The van der Waals surface area contributed by atoms with E-state index in [0.717, 1.165) is 4.90 Å². The van der Waals surface area contributed by atoms with Crippen molar-refractivity contribution < 1.29 is 19.4 Å². The van der Waals surface area contributed by atoms with Gasteiger partial charge in [0.1, 0.15) is 0 Å². The van der Waals surface area contributed by atoms with Crippen molar-refractivity contribution in [2.45, 2.75) is 17.1 Å². The molecule has 3 rings (SSSR count). The summed E-state index contributed by atoms with van der Waals surface area (Å²) in [6, 6.07) is 18.8. The lowest BCUT2D eigenvalue weighted by Gasteiger charge is -2.17. The Balaban J connectivity index is 1.54. The van der Waals surface area contributed by atoms with Crippen LogP contribution in [0.5, 0.6) is 0 Å². The average Bonchev–Trinajstić information content (AvgIpc) is 3.01. The van der Waals surface area contributed by atoms with Crippen LogP contribution >= 0.6 is 11.8 Å². The molecule has 2 aromatic carbocycles. The van der Waals surface area contributed by atoms with Crippen molar-refractivity contribution in [3.05, 3.63) is 77.7 Å². The van der Waals surface area contributed by atoms with Gasteiger partial charge in [-0.05, 0) is 35.7 Å². The molecule has 0 radical (unpaired) electrons. The number of hydrogen-bond acceptors (Lipinski definition) is 5. The van der Waals surface area contributed by atoms with E-state index in [-0.39, 0.29) is 31.2 Å². The number of carbonyl (C=O) groups is 1. The molecule has 5 heteroatoms. The van der Waals surface area contributed by atoms with Crippen LogP contribution in [0.4, 0.5) is 0 Å². The maximum Gasteiger partial charge on any atom is 0.338 e. The second kappa shape index (κ2) is 8.85. The fraction of sp³-hybridized carbons (Fsp3) is 0.250. The second-order valence-electron chi connectivity index (χ2n) is 5.75. The fourth-order valence-electron chi connectivity index (χ4n) is 2.60. The highest BCUT2D eigenvalue weighted by molar-refractivity contribution is 8.02. The lowest BCUT2D eigenvalue weighted by molar-refractivity contribution is 0.0294. The van der Waals surface area contributed by atoms with Crippen LogP contribution in [-0.2, 0) is 9.47 Å². The van der Waals surface area contributed by atoms with Crippen LogP contribution in [-0.4, -0.2) is 36.5 Å². The van der Waals surface area contributed by atoms with Crippen LogP contribution in [0.25, 0.3) is 0 Å². The highest BCUT2D eigenvalue weighted by Crippen LogP contribution is 2.26. The first-order valence-corrected chi connectivity index (χ1v) is 9.02. The molecular formula is C20H20O4S. The molecule has 0 aromatic heterocycles. The van der Waals surface area contributed by atoms with Crippen LogP contribution < -0.4 is 0 Å². The van der Waals surface area contributed by atoms with Gasteiger partial charge in [-0.2, -0.15) is 0 Å². The minimum absolute atomic E-state index is 0.125. The smallest absolute Gasteiger partial charge is 0.338 e. The van der Waals surface area contributed by atoms with Crippen molar-refractivity contribution in [1.82, 2.24) is 0 Å². The van der Waals surface area contributed by atoms with E-state index in [4.69, 9.17) is 9.47 Å². The standard InChI is InChI=1S/C20H20O4S/c21-18-14-23-19(11-12-25-16-9-5-2-6-10-16)17(18)13-24-20(22)15-7-3-1-4-8-15/h1-12,17-19,21H,13-14H2. The van der Waals surface area contributed by atoms with Gasteiger partial charge in [-0.15, -0.1) is 0 Å². The third-order valence-electron chi connectivity index (χ3n) is 4.01. The number of aliphatic hydroxyl groups excluding tert-OH is 1. The number of carbonyl (C=O) groups excluding carboxylic acids is 1. The number of aliphatic hydroxyl groups is 1. The highest BCUT2D eigenvalue weighted by Gasteiger charge is 2.35. The molecule has 0 aliphatic carbocycles. The third kappa shape index (κ3) is 4.95. The predicted molar refractivity (Wildman–Crippen MR) is 97.4 cm³/mol. The molecular weight excluding hydrogens is 336 g/mol. The van der Waals surface area contributed by atoms with E-state index in [0.29, 0.717) is 5.56 Å². The van der Waals surface area contributed by atoms with E-state index in [2.05, 4.69) is 0 Å². The molecule has 3 unspecified atom stereocenters. The van der Waals surface area contributed by atoms with Crippen molar-refractivity contribution in [2.75, 3.05) is 13.2 Å². The van der Waals surface area contributed by atoms with Gasteiger partial charge in [0.05, 0.1) is 36.9 Å². The Morgan fingerprint density at radius 3 is 2.56 bits per heavy atom. The zero-order valence-electron chi connectivity index (χ0n) is 13.7. The molecule has 0 bridgehead atoms. The Morgan fingerprint density at radius 2 is 1.84 bits per heavy atom. The normalized spacial score (nSPS) is 23.0. The van der Waals surface area contributed by atoms with Crippen LogP contribution in [0.1, 0.15) is 10.4 Å². The lowest BCUT2D eigenvalue weighted by atomic mass is 10.0. The summed E-state index contributed by atoms with van der Waals surface area (Å²) < 4.78 is 11.0. The molecule has 2 aromatic rings. The van der Waals surface area contributed by atoms with E-state index < -0.39 is 6.10 Å². The first kappa shape index (κ1) is 17.7. The minimum atomic E-state index is -0.639. The highest BCUT2D eigenvalue weighted by atomic mass is 32.2. The van der Waals surface area contributed by atoms with E-state index >= 15 is 0 Å². The monoisotopic (exact) mass is 356 g/mol. The Morgan fingerprint density at radius 1 is 1.16 bits per heavy atom. The van der Waals surface area contributed by atoms with Gasteiger partial charge in [-0.25, -0.2) is 4.79 Å². The van der Waals surface area contributed by atoms with Crippen LogP contribution in [0.3, 0.4) is 0 Å². The summed E-state index contributed by atoms with van der Waals surface area (Å²) in [6.07, 6.45) is 1.00. The zero-order chi connectivity index (χ0) is 17.5. The number of rotatable bonds is 6. The molecule has 0 saturated carbocycles. The van der Waals surface area contributed by atoms with E-state index in [1.807, 2.05) is 47.9 Å². The molecule has 4 nitrogen and oxygen atoms in total.